The summed E-state index contributed by atoms with van der Waals surface area (Å²) in [6.07, 6.45) is 9.65. The molecule has 1 saturated heterocycles. The number of para-hydroxylation sites is 1. The highest BCUT2D eigenvalue weighted by atomic mass is 32.1. The highest BCUT2D eigenvalue weighted by Gasteiger charge is 2.18. The molecular formula is C19H20N2S. The molecule has 0 radical (unpaired) electrons. The zero-order valence-electron chi connectivity index (χ0n) is 12.6. The number of allylic oxidation sites excluding steroid dienone is 2. The minimum atomic E-state index is 0.932. The Hall–Kier alpha value is -1.87. The number of fused-ring (bicyclic) bond motifs is 2. The Morgan fingerprint density at radius 1 is 1.05 bits per heavy atom. The third-order valence-corrected chi connectivity index (χ3v) is 5.00. The molecule has 0 atom stereocenters. The molecule has 2 aromatic rings. The number of nitrogens with one attached hydrogen (secondary N) is 1. The molecule has 1 aromatic heterocycles. The lowest BCUT2D eigenvalue weighted by molar-refractivity contribution is 0.788. The molecule has 1 aromatic carbocycles. The van der Waals surface area contributed by atoms with Crippen molar-refractivity contribution in [3.05, 3.63) is 58.1 Å². The normalized spacial score (nSPS) is 18.5. The molecule has 0 amide bonds. The van der Waals surface area contributed by atoms with Gasteiger partial charge < -0.3 is 9.88 Å². The van der Waals surface area contributed by atoms with Crippen LogP contribution in [0.15, 0.2) is 53.6 Å². The van der Waals surface area contributed by atoms with E-state index in [4.69, 9.17) is 12.2 Å². The van der Waals surface area contributed by atoms with Gasteiger partial charge >= 0.3 is 0 Å². The lowest BCUT2D eigenvalue weighted by Crippen LogP contribution is -2.26. The minimum Gasteiger partial charge on any atom is -0.354 e. The molecule has 0 bridgehead atoms. The van der Waals surface area contributed by atoms with E-state index in [-0.39, 0.29) is 0 Å². The summed E-state index contributed by atoms with van der Waals surface area (Å²) in [5.41, 5.74) is 4.20. The number of aromatic nitrogens is 1. The van der Waals surface area contributed by atoms with Gasteiger partial charge in [-0.25, -0.2) is 0 Å². The Kier molecular flexibility index (Phi) is 3.59. The second kappa shape index (κ2) is 5.73. The average Bonchev–Trinajstić information content (AvgIpc) is 2.77. The van der Waals surface area contributed by atoms with E-state index in [2.05, 4.69) is 46.3 Å². The smallest absolute Gasteiger partial charge is 0.108 e. The van der Waals surface area contributed by atoms with Crippen LogP contribution in [-0.4, -0.2) is 18.1 Å². The molecule has 2 heterocycles. The summed E-state index contributed by atoms with van der Waals surface area (Å²) in [6.45, 7) is 2.08. The Labute approximate surface area is 136 Å². The van der Waals surface area contributed by atoms with Crippen molar-refractivity contribution in [3.8, 4) is 0 Å². The first-order chi connectivity index (χ1) is 10.8. The van der Waals surface area contributed by atoms with Gasteiger partial charge in [0, 0.05) is 24.0 Å². The van der Waals surface area contributed by atoms with Gasteiger partial charge in [-0.15, -0.1) is 0 Å². The van der Waals surface area contributed by atoms with E-state index in [1.165, 1.54) is 31.3 Å². The maximum absolute atomic E-state index is 5.59. The summed E-state index contributed by atoms with van der Waals surface area (Å²) >= 11 is 5.59. The molecule has 112 valence electrons. The lowest BCUT2D eigenvalue weighted by Gasteiger charge is -2.24. The number of rotatable bonds is 1. The fourth-order valence-electron chi connectivity index (χ4n) is 3.51. The van der Waals surface area contributed by atoms with Crippen LogP contribution >= 0.6 is 12.2 Å². The topological polar surface area (TPSA) is 19.0 Å². The van der Waals surface area contributed by atoms with Crippen LogP contribution in [0.4, 0.5) is 5.82 Å². The number of H-pyrrole nitrogens is 1. The van der Waals surface area contributed by atoms with Crippen LogP contribution < -0.4 is 4.90 Å². The van der Waals surface area contributed by atoms with Crippen molar-refractivity contribution in [2.45, 2.75) is 25.7 Å². The second-order valence-electron chi connectivity index (χ2n) is 6.13. The van der Waals surface area contributed by atoms with Crippen LogP contribution in [0, 0.1) is 4.51 Å². The van der Waals surface area contributed by atoms with E-state index in [1.807, 2.05) is 6.07 Å². The predicted molar refractivity (Wildman–Crippen MR) is 96.0 cm³/mol. The van der Waals surface area contributed by atoms with Gasteiger partial charge in [0.25, 0.3) is 0 Å². The van der Waals surface area contributed by atoms with Gasteiger partial charge in [-0.1, -0.05) is 42.6 Å². The SMILES string of the molecule is S=c1cc(N2CCCC3=CCCC=C3C2)[nH]c2ccccc12. The molecule has 0 unspecified atom stereocenters. The standard InChI is InChI=1S/C19H20N2S/c22-18-12-19(20-17-10-4-3-9-16(17)18)21-11-5-8-14-6-1-2-7-15(14)13-21/h3-4,6-7,9-10,12H,1-2,5,8,11,13H2,(H,20,22). The van der Waals surface area contributed by atoms with Gasteiger partial charge in [-0.05, 0) is 49.0 Å². The molecule has 2 aliphatic rings. The van der Waals surface area contributed by atoms with Crippen LogP contribution in [0.25, 0.3) is 10.9 Å². The van der Waals surface area contributed by atoms with Crippen molar-refractivity contribution in [2.75, 3.05) is 18.0 Å². The number of nitrogens with zero attached hydrogens (tertiary/aromatic N) is 1. The van der Waals surface area contributed by atoms with Gasteiger partial charge in [0.05, 0.1) is 4.51 Å². The van der Waals surface area contributed by atoms with Gasteiger partial charge in [0.2, 0.25) is 0 Å². The summed E-state index contributed by atoms with van der Waals surface area (Å²) in [4.78, 5) is 6.02. The first-order valence-electron chi connectivity index (χ1n) is 8.07. The lowest BCUT2D eigenvalue weighted by atomic mass is 9.95. The molecule has 0 spiro atoms. The van der Waals surface area contributed by atoms with E-state index in [0.717, 1.165) is 34.3 Å². The number of benzene rings is 1. The van der Waals surface area contributed by atoms with Crippen molar-refractivity contribution in [1.29, 1.82) is 0 Å². The summed E-state index contributed by atoms with van der Waals surface area (Å²) in [6, 6.07) is 10.4. The van der Waals surface area contributed by atoms with Crippen molar-refractivity contribution in [3.63, 3.8) is 0 Å². The van der Waals surface area contributed by atoms with Crippen molar-refractivity contribution >= 4 is 28.9 Å². The third kappa shape index (κ3) is 2.50. The van der Waals surface area contributed by atoms with Crippen molar-refractivity contribution in [2.24, 2.45) is 0 Å². The highest BCUT2D eigenvalue weighted by Crippen LogP contribution is 2.29. The van der Waals surface area contributed by atoms with E-state index in [0.29, 0.717) is 0 Å². The fraction of sp³-hybridized carbons (Fsp3) is 0.316. The minimum absolute atomic E-state index is 0.932. The molecule has 1 aliphatic heterocycles. The summed E-state index contributed by atoms with van der Waals surface area (Å²) < 4.78 is 0.932. The Balaban J connectivity index is 1.73. The average molecular weight is 308 g/mol. The molecule has 4 rings (SSSR count). The van der Waals surface area contributed by atoms with E-state index < -0.39 is 0 Å². The van der Waals surface area contributed by atoms with Crippen LogP contribution in [0.5, 0.6) is 0 Å². The van der Waals surface area contributed by atoms with Gasteiger partial charge in [-0.3, -0.25) is 0 Å². The van der Waals surface area contributed by atoms with E-state index >= 15 is 0 Å². The molecule has 22 heavy (non-hydrogen) atoms. The zero-order valence-corrected chi connectivity index (χ0v) is 13.5. The molecular weight excluding hydrogens is 288 g/mol. The van der Waals surface area contributed by atoms with Gasteiger partial charge in [0.1, 0.15) is 5.82 Å². The monoisotopic (exact) mass is 308 g/mol. The molecule has 1 fully saturated rings. The number of hydrogen-bond donors (Lipinski definition) is 1. The maximum Gasteiger partial charge on any atom is 0.108 e. The Morgan fingerprint density at radius 2 is 1.86 bits per heavy atom. The molecule has 3 heteroatoms. The summed E-state index contributed by atoms with van der Waals surface area (Å²) in [5, 5.41) is 1.13. The van der Waals surface area contributed by atoms with Crippen molar-refractivity contribution in [1.82, 2.24) is 4.98 Å². The molecule has 1 N–H and O–H groups in total. The highest BCUT2D eigenvalue weighted by molar-refractivity contribution is 7.71. The quantitative estimate of drug-likeness (QED) is 0.735. The molecule has 0 saturated carbocycles. The van der Waals surface area contributed by atoms with Crippen molar-refractivity contribution < 1.29 is 0 Å². The molecule has 2 nitrogen and oxygen atoms in total. The van der Waals surface area contributed by atoms with E-state index in [9.17, 15) is 0 Å². The Bertz CT molecular complexity index is 829. The van der Waals surface area contributed by atoms with Crippen LogP contribution in [0.2, 0.25) is 0 Å². The predicted octanol–water partition coefficient (Wildman–Crippen LogP) is 5.14. The second-order valence-corrected chi connectivity index (χ2v) is 6.57. The fourth-order valence-corrected chi connectivity index (χ4v) is 3.80. The van der Waals surface area contributed by atoms with Crippen LogP contribution in [0.1, 0.15) is 25.7 Å². The van der Waals surface area contributed by atoms with Gasteiger partial charge in [-0.2, -0.15) is 0 Å². The number of aromatic amines is 1. The van der Waals surface area contributed by atoms with Gasteiger partial charge in [0.15, 0.2) is 0 Å². The van der Waals surface area contributed by atoms with E-state index in [1.54, 1.807) is 5.57 Å². The largest absolute Gasteiger partial charge is 0.354 e. The molecule has 1 aliphatic carbocycles. The van der Waals surface area contributed by atoms with Crippen LogP contribution in [-0.2, 0) is 0 Å². The Morgan fingerprint density at radius 3 is 2.77 bits per heavy atom. The first kappa shape index (κ1) is 13.8. The zero-order chi connectivity index (χ0) is 14.9. The number of hydrogen-bond acceptors (Lipinski definition) is 2. The summed E-state index contributed by atoms with van der Waals surface area (Å²) in [7, 11) is 0. The van der Waals surface area contributed by atoms with Crippen LogP contribution in [0.3, 0.4) is 0 Å². The third-order valence-electron chi connectivity index (χ3n) is 4.66. The maximum atomic E-state index is 5.59. The number of pyridine rings is 1. The first-order valence-corrected chi connectivity index (χ1v) is 8.47. The summed E-state index contributed by atoms with van der Waals surface area (Å²) in [5.74, 6) is 1.15. The number of anilines is 1.